The zero-order valence-corrected chi connectivity index (χ0v) is 15.0. The Bertz CT molecular complexity index is 761. The van der Waals surface area contributed by atoms with Gasteiger partial charge in [0.25, 0.3) is 0 Å². The second-order valence-corrected chi connectivity index (χ2v) is 9.49. The Balaban J connectivity index is 1.57. The lowest BCUT2D eigenvalue weighted by Gasteiger charge is -2.65. The number of nitrogens with two attached hydrogens (primary N) is 1. The highest BCUT2D eigenvalue weighted by atomic mass is 16.5. The Labute approximate surface area is 149 Å². The monoisotopic (exact) mass is 340 g/mol. The highest BCUT2D eigenvalue weighted by Gasteiger charge is 2.70. The number of rotatable bonds is 2. The number of piperidine rings is 1. The van der Waals surface area contributed by atoms with E-state index in [1.165, 1.54) is 36.9 Å². The molecule has 3 fully saturated rings. The summed E-state index contributed by atoms with van der Waals surface area (Å²) in [6.45, 7) is 4.92. The number of phenols is 1. The van der Waals surface area contributed by atoms with Gasteiger partial charge in [0.2, 0.25) is 0 Å². The van der Waals surface area contributed by atoms with E-state index in [1.54, 1.807) is 0 Å². The van der Waals surface area contributed by atoms with Gasteiger partial charge in [-0.2, -0.15) is 0 Å². The molecule has 3 N–H and O–H groups in total. The van der Waals surface area contributed by atoms with Crippen molar-refractivity contribution in [3.63, 3.8) is 0 Å². The van der Waals surface area contributed by atoms with Gasteiger partial charge in [0.1, 0.15) is 6.10 Å². The topological polar surface area (TPSA) is 58.7 Å². The van der Waals surface area contributed by atoms with Crippen LogP contribution in [0.15, 0.2) is 12.1 Å². The van der Waals surface area contributed by atoms with Crippen molar-refractivity contribution in [3.8, 4) is 11.5 Å². The molecular formula is C21H28N2O2. The molecule has 4 heteroatoms. The lowest BCUT2D eigenvalue weighted by Crippen LogP contribution is -2.73. The third-order valence-corrected chi connectivity index (χ3v) is 8.38. The minimum absolute atomic E-state index is 0.00294. The van der Waals surface area contributed by atoms with Crippen molar-refractivity contribution < 1.29 is 9.84 Å². The molecular weight excluding hydrogens is 312 g/mol. The summed E-state index contributed by atoms with van der Waals surface area (Å²) < 4.78 is 6.42. The van der Waals surface area contributed by atoms with E-state index in [0.29, 0.717) is 11.8 Å². The summed E-state index contributed by atoms with van der Waals surface area (Å²) in [5, 5.41) is 10.5. The van der Waals surface area contributed by atoms with Crippen molar-refractivity contribution in [1.82, 2.24) is 4.90 Å². The van der Waals surface area contributed by atoms with Gasteiger partial charge in [-0.1, -0.05) is 13.0 Å². The first-order chi connectivity index (χ1) is 12.0. The fourth-order valence-corrected chi connectivity index (χ4v) is 6.97. The van der Waals surface area contributed by atoms with Crippen LogP contribution in [0.1, 0.15) is 50.2 Å². The molecule has 1 aromatic rings. The summed E-state index contributed by atoms with van der Waals surface area (Å²) in [7, 11) is 0. The minimum atomic E-state index is -0.00294. The van der Waals surface area contributed by atoms with Crippen LogP contribution in [0.4, 0.5) is 0 Å². The van der Waals surface area contributed by atoms with E-state index >= 15 is 0 Å². The van der Waals surface area contributed by atoms with Crippen molar-refractivity contribution in [2.24, 2.45) is 17.1 Å². The van der Waals surface area contributed by atoms with Crippen molar-refractivity contribution in [1.29, 1.82) is 0 Å². The Kier molecular flexibility index (Phi) is 2.69. The second kappa shape index (κ2) is 4.52. The Morgan fingerprint density at radius 3 is 2.92 bits per heavy atom. The van der Waals surface area contributed by atoms with Gasteiger partial charge in [-0.15, -0.1) is 0 Å². The Hall–Kier alpha value is -1.26. The summed E-state index contributed by atoms with van der Waals surface area (Å²) in [5.41, 5.74) is 9.49. The summed E-state index contributed by atoms with van der Waals surface area (Å²) in [4.78, 5) is 2.80. The van der Waals surface area contributed by atoms with Crippen LogP contribution in [0, 0.1) is 11.3 Å². The van der Waals surface area contributed by atoms with Crippen molar-refractivity contribution in [3.05, 3.63) is 23.3 Å². The molecule has 2 bridgehead atoms. The fourth-order valence-electron chi connectivity index (χ4n) is 6.97. The normalized spacial score (nSPS) is 44.3. The molecule has 2 unspecified atom stereocenters. The number of benzene rings is 1. The minimum Gasteiger partial charge on any atom is -0.504 e. The SMILES string of the molecule is C[C@@]12CC[C@@H](N)C3Oc4c(O)ccc5c4[C@@]31CCN(CC1CC1)C2C5. The lowest BCUT2D eigenvalue weighted by atomic mass is 9.43. The van der Waals surface area contributed by atoms with E-state index in [0.717, 1.165) is 37.5 Å². The molecule has 1 aromatic carbocycles. The van der Waals surface area contributed by atoms with E-state index in [2.05, 4.69) is 17.9 Å². The van der Waals surface area contributed by atoms with Crippen molar-refractivity contribution >= 4 is 0 Å². The molecule has 5 atom stereocenters. The highest BCUT2D eigenvalue weighted by molar-refractivity contribution is 5.61. The van der Waals surface area contributed by atoms with Crippen LogP contribution >= 0.6 is 0 Å². The zero-order valence-electron chi connectivity index (χ0n) is 15.0. The Morgan fingerprint density at radius 1 is 1.28 bits per heavy atom. The molecule has 1 spiro atoms. The van der Waals surface area contributed by atoms with Crippen LogP contribution in [-0.2, 0) is 11.8 Å². The van der Waals surface area contributed by atoms with Gasteiger partial charge in [-0.3, -0.25) is 4.90 Å². The molecule has 6 rings (SSSR count). The molecule has 4 nitrogen and oxygen atoms in total. The smallest absolute Gasteiger partial charge is 0.165 e. The van der Waals surface area contributed by atoms with E-state index in [1.807, 2.05) is 6.07 Å². The molecule has 25 heavy (non-hydrogen) atoms. The largest absolute Gasteiger partial charge is 0.504 e. The van der Waals surface area contributed by atoms with Crippen LogP contribution in [-0.4, -0.2) is 41.3 Å². The zero-order chi connectivity index (χ0) is 17.0. The maximum Gasteiger partial charge on any atom is 0.165 e. The van der Waals surface area contributed by atoms with E-state index in [9.17, 15) is 5.11 Å². The van der Waals surface area contributed by atoms with Gasteiger partial charge in [0.05, 0.1) is 0 Å². The number of ether oxygens (including phenoxy) is 1. The van der Waals surface area contributed by atoms with E-state index in [4.69, 9.17) is 10.5 Å². The maximum absolute atomic E-state index is 10.5. The average Bonchev–Trinajstić information content (AvgIpc) is 3.32. The third-order valence-electron chi connectivity index (χ3n) is 8.38. The number of phenolic OH excluding ortho intramolecular Hbond substituents is 1. The van der Waals surface area contributed by atoms with Gasteiger partial charge in [0.15, 0.2) is 11.5 Å². The lowest BCUT2D eigenvalue weighted by molar-refractivity contribution is -0.121. The summed E-state index contributed by atoms with van der Waals surface area (Å²) in [6, 6.07) is 4.64. The van der Waals surface area contributed by atoms with Gasteiger partial charge < -0.3 is 15.6 Å². The van der Waals surface area contributed by atoms with Gasteiger partial charge in [-0.25, -0.2) is 0 Å². The molecule has 0 radical (unpaired) electrons. The van der Waals surface area contributed by atoms with Gasteiger partial charge >= 0.3 is 0 Å². The number of hydrogen-bond acceptors (Lipinski definition) is 4. The van der Waals surface area contributed by atoms with Crippen LogP contribution in [0.5, 0.6) is 11.5 Å². The number of nitrogens with zero attached hydrogens (tertiary/aromatic N) is 1. The first kappa shape index (κ1) is 14.9. The molecule has 3 aliphatic carbocycles. The molecule has 0 amide bonds. The predicted octanol–water partition coefficient (Wildman–Crippen LogP) is 2.56. The quantitative estimate of drug-likeness (QED) is 0.869. The standard InChI is InChI=1S/C21H28N2O2/c1-20-7-6-14(22)19-21(20)8-9-23(11-12-2-3-12)16(20)10-13-4-5-15(24)18(25-19)17(13)21/h4-5,12,14,16,19,24H,2-3,6-11,22H2,1H3/t14-,16?,19?,20+,21+/m1/s1. The average molecular weight is 340 g/mol. The Morgan fingerprint density at radius 2 is 2.12 bits per heavy atom. The van der Waals surface area contributed by atoms with Gasteiger partial charge in [-0.05, 0) is 68.0 Å². The molecule has 2 heterocycles. The van der Waals surface area contributed by atoms with Crippen molar-refractivity contribution in [2.45, 2.75) is 69.1 Å². The summed E-state index contributed by atoms with van der Waals surface area (Å²) >= 11 is 0. The number of likely N-dealkylation sites (tertiary alicyclic amines) is 1. The molecule has 2 saturated carbocycles. The second-order valence-electron chi connectivity index (χ2n) is 9.49. The third kappa shape index (κ3) is 1.62. The van der Waals surface area contributed by atoms with Crippen molar-refractivity contribution in [2.75, 3.05) is 13.1 Å². The molecule has 0 aromatic heterocycles. The molecule has 5 aliphatic rings. The molecule has 2 aliphatic heterocycles. The van der Waals surface area contributed by atoms with E-state index in [-0.39, 0.29) is 23.0 Å². The van der Waals surface area contributed by atoms with Crippen LogP contribution in [0.2, 0.25) is 0 Å². The van der Waals surface area contributed by atoms with E-state index < -0.39 is 0 Å². The van der Waals surface area contributed by atoms with Crippen LogP contribution in [0.3, 0.4) is 0 Å². The predicted molar refractivity (Wildman–Crippen MR) is 95.9 cm³/mol. The van der Waals surface area contributed by atoms with Crippen LogP contribution < -0.4 is 10.5 Å². The maximum atomic E-state index is 10.5. The number of aromatic hydroxyl groups is 1. The highest BCUT2D eigenvalue weighted by Crippen LogP contribution is 2.68. The van der Waals surface area contributed by atoms with Crippen LogP contribution in [0.25, 0.3) is 0 Å². The number of hydrogen-bond donors (Lipinski definition) is 2. The summed E-state index contributed by atoms with van der Waals surface area (Å²) in [5.74, 6) is 1.98. The summed E-state index contributed by atoms with van der Waals surface area (Å²) in [6.07, 6.45) is 7.27. The first-order valence-corrected chi connectivity index (χ1v) is 10.1. The molecule has 134 valence electrons. The molecule has 1 saturated heterocycles. The van der Waals surface area contributed by atoms with Gasteiger partial charge in [0, 0.05) is 29.6 Å². The fraction of sp³-hybridized carbons (Fsp3) is 0.714. The first-order valence-electron chi connectivity index (χ1n) is 10.1.